The molecule has 0 aliphatic carbocycles. The molecule has 6 atom stereocenters. The highest BCUT2D eigenvalue weighted by Crippen LogP contribution is 2.68. The molecule has 5 rings (SSSR count). The minimum atomic E-state index is -0.805. The van der Waals surface area contributed by atoms with Crippen molar-refractivity contribution in [2.45, 2.75) is 36.3 Å². The van der Waals surface area contributed by atoms with E-state index in [9.17, 15) is 19.5 Å². The molecule has 3 aliphatic heterocycles. The number of benzene rings is 2. The standard InChI is InChI=1S/C27H30ClN3O5S/c1-3-36-19-10-8-18(9-11-19)29-24(33)21-20-14-15(2)27(37-20)22(21)26(35)31(12-13-32)23(27)25(34)30-17-6-4-16(28)5-7-17/h4-11,15,20-23,32H,3,12-14H2,1-2H3,(H,29,33)(H,30,34)/t15?,20-,21+,22-,23?,27?/m0/s1. The van der Waals surface area contributed by atoms with Crippen molar-refractivity contribution in [3.63, 3.8) is 0 Å². The zero-order valence-corrected chi connectivity index (χ0v) is 22.2. The maximum atomic E-state index is 13.8. The Bertz CT molecular complexity index is 1190. The van der Waals surface area contributed by atoms with E-state index in [0.29, 0.717) is 28.8 Å². The molecule has 2 aromatic carbocycles. The molecule has 3 fully saturated rings. The van der Waals surface area contributed by atoms with Crippen LogP contribution in [0.1, 0.15) is 20.3 Å². The monoisotopic (exact) mass is 543 g/mol. The van der Waals surface area contributed by atoms with Crippen molar-refractivity contribution >= 4 is 52.5 Å². The highest BCUT2D eigenvalue weighted by atomic mass is 35.5. The molecular formula is C27H30ClN3O5S. The van der Waals surface area contributed by atoms with Gasteiger partial charge in [0.05, 0.1) is 29.8 Å². The summed E-state index contributed by atoms with van der Waals surface area (Å²) < 4.78 is 4.72. The molecule has 196 valence electrons. The van der Waals surface area contributed by atoms with E-state index >= 15 is 0 Å². The number of rotatable bonds is 8. The van der Waals surface area contributed by atoms with Gasteiger partial charge in [-0.3, -0.25) is 14.4 Å². The fraction of sp³-hybridized carbons (Fsp3) is 0.444. The Balaban J connectivity index is 1.43. The van der Waals surface area contributed by atoms with Gasteiger partial charge in [0.25, 0.3) is 0 Å². The summed E-state index contributed by atoms with van der Waals surface area (Å²) >= 11 is 7.58. The molecule has 2 aromatic rings. The molecule has 3 aliphatic rings. The number of nitrogens with one attached hydrogen (secondary N) is 2. The van der Waals surface area contributed by atoms with Gasteiger partial charge in [-0.2, -0.15) is 0 Å². The smallest absolute Gasteiger partial charge is 0.248 e. The number of hydrogen-bond acceptors (Lipinski definition) is 6. The lowest BCUT2D eigenvalue weighted by atomic mass is 9.66. The van der Waals surface area contributed by atoms with Crippen LogP contribution in [-0.4, -0.2) is 63.5 Å². The third-order valence-corrected chi connectivity index (χ3v) is 10.0. The maximum absolute atomic E-state index is 13.8. The maximum Gasteiger partial charge on any atom is 0.248 e. The third-order valence-electron chi connectivity index (χ3n) is 7.68. The van der Waals surface area contributed by atoms with Crippen LogP contribution >= 0.6 is 23.4 Å². The molecule has 3 heterocycles. The number of aliphatic hydroxyl groups excluding tert-OH is 1. The van der Waals surface area contributed by atoms with Gasteiger partial charge < -0.3 is 25.4 Å². The lowest BCUT2D eigenvalue weighted by Gasteiger charge is -2.38. The predicted octanol–water partition coefficient (Wildman–Crippen LogP) is 3.65. The number of fused-ring (bicyclic) bond motifs is 1. The molecule has 1 spiro atoms. The summed E-state index contributed by atoms with van der Waals surface area (Å²) in [4.78, 5) is 42.6. The molecular weight excluding hydrogens is 514 g/mol. The van der Waals surface area contributed by atoms with Gasteiger partial charge in [0.15, 0.2) is 0 Å². The Morgan fingerprint density at radius 1 is 1.11 bits per heavy atom. The highest BCUT2D eigenvalue weighted by molar-refractivity contribution is 8.02. The molecule has 3 amide bonds. The van der Waals surface area contributed by atoms with Crippen molar-refractivity contribution in [1.82, 2.24) is 4.90 Å². The number of β-amino-alcohol motifs (C(OH)–C–C–N with tert-alkyl or cyclic N) is 1. The number of anilines is 2. The normalized spacial score (nSPS) is 29.8. The average Bonchev–Trinajstić information content (AvgIpc) is 3.46. The second-order valence-corrected chi connectivity index (χ2v) is 11.7. The van der Waals surface area contributed by atoms with Gasteiger partial charge in [0.2, 0.25) is 17.7 Å². The van der Waals surface area contributed by atoms with E-state index in [1.165, 1.54) is 4.90 Å². The lowest BCUT2D eigenvalue weighted by Crippen LogP contribution is -2.55. The quantitative estimate of drug-likeness (QED) is 0.469. The number of likely N-dealkylation sites (tertiary alicyclic amines) is 1. The number of halogens is 1. The first-order valence-corrected chi connectivity index (χ1v) is 13.7. The first-order chi connectivity index (χ1) is 17.8. The van der Waals surface area contributed by atoms with Crippen LogP contribution in [0, 0.1) is 17.8 Å². The summed E-state index contributed by atoms with van der Waals surface area (Å²) in [7, 11) is 0. The summed E-state index contributed by atoms with van der Waals surface area (Å²) in [5, 5.41) is 16.1. The number of amides is 3. The number of aliphatic hydroxyl groups is 1. The summed E-state index contributed by atoms with van der Waals surface area (Å²) in [5.74, 6) is -1.27. The predicted molar refractivity (Wildman–Crippen MR) is 144 cm³/mol. The van der Waals surface area contributed by atoms with Crippen LogP contribution in [0.5, 0.6) is 5.75 Å². The Kier molecular flexibility index (Phi) is 7.13. The number of carbonyl (C=O) groups is 3. The Morgan fingerprint density at radius 3 is 2.35 bits per heavy atom. The van der Waals surface area contributed by atoms with E-state index in [0.717, 1.165) is 6.42 Å². The van der Waals surface area contributed by atoms with Gasteiger partial charge in [-0.25, -0.2) is 0 Å². The highest BCUT2D eigenvalue weighted by Gasteiger charge is 2.75. The van der Waals surface area contributed by atoms with Crippen molar-refractivity contribution in [3.05, 3.63) is 53.6 Å². The van der Waals surface area contributed by atoms with Crippen LogP contribution in [0.25, 0.3) is 0 Å². The van der Waals surface area contributed by atoms with Gasteiger partial charge >= 0.3 is 0 Å². The Labute approximate surface area is 225 Å². The van der Waals surface area contributed by atoms with Crippen molar-refractivity contribution in [2.24, 2.45) is 17.8 Å². The van der Waals surface area contributed by atoms with Crippen molar-refractivity contribution in [3.8, 4) is 5.75 Å². The van der Waals surface area contributed by atoms with Crippen LogP contribution in [0.15, 0.2) is 48.5 Å². The largest absolute Gasteiger partial charge is 0.494 e. The summed E-state index contributed by atoms with van der Waals surface area (Å²) in [6.45, 7) is 4.26. The molecule has 3 unspecified atom stereocenters. The van der Waals surface area contributed by atoms with Crippen LogP contribution in [0.4, 0.5) is 11.4 Å². The number of nitrogens with zero attached hydrogens (tertiary/aromatic N) is 1. The number of thioether (sulfide) groups is 1. The van der Waals surface area contributed by atoms with E-state index in [4.69, 9.17) is 16.3 Å². The van der Waals surface area contributed by atoms with Gasteiger partial charge in [-0.15, -0.1) is 11.8 Å². The first-order valence-electron chi connectivity index (χ1n) is 12.5. The molecule has 8 nitrogen and oxygen atoms in total. The lowest BCUT2D eigenvalue weighted by molar-refractivity contribution is -0.138. The average molecular weight is 544 g/mol. The molecule has 0 radical (unpaired) electrons. The van der Waals surface area contributed by atoms with Crippen LogP contribution in [-0.2, 0) is 14.4 Å². The van der Waals surface area contributed by atoms with Gasteiger partial charge in [0.1, 0.15) is 11.8 Å². The summed E-state index contributed by atoms with van der Waals surface area (Å²) in [6, 6.07) is 13.1. The van der Waals surface area contributed by atoms with Crippen molar-refractivity contribution in [2.75, 3.05) is 30.4 Å². The molecule has 0 aromatic heterocycles. The second-order valence-electron chi connectivity index (χ2n) is 9.75. The zero-order valence-electron chi connectivity index (χ0n) is 20.6. The molecule has 3 N–H and O–H groups in total. The Hall–Kier alpha value is -2.75. The van der Waals surface area contributed by atoms with Crippen molar-refractivity contribution in [1.29, 1.82) is 0 Å². The number of carbonyl (C=O) groups excluding carboxylic acids is 3. The molecule has 10 heteroatoms. The van der Waals surface area contributed by atoms with Crippen LogP contribution in [0.3, 0.4) is 0 Å². The molecule has 0 saturated carbocycles. The first kappa shape index (κ1) is 25.9. The molecule has 2 bridgehead atoms. The van der Waals surface area contributed by atoms with E-state index in [2.05, 4.69) is 17.6 Å². The minimum Gasteiger partial charge on any atom is -0.494 e. The molecule has 3 saturated heterocycles. The summed E-state index contributed by atoms with van der Waals surface area (Å²) in [5.41, 5.74) is 1.19. The van der Waals surface area contributed by atoms with E-state index in [1.807, 2.05) is 6.92 Å². The SMILES string of the molecule is CCOc1ccc(NC(=O)[C@@H]2[C@@H]3CC(C)C4(S3)C(C(=O)Nc3ccc(Cl)cc3)N(CCO)C(=O)[C@H]24)cc1. The minimum absolute atomic E-state index is 0.0287. The van der Waals surface area contributed by atoms with Gasteiger partial charge in [-0.1, -0.05) is 18.5 Å². The van der Waals surface area contributed by atoms with Crippen LogP contribution < -0.4 is 15.4 Å². The van der Waals surface area contributed by atoms with E-state index < -0.39 is 22.6 Å². The van der Waals surface area contributed by atoms with Crippen molar-refractivity contribution < 1.29 is 24.2 Å². The van der Waals surface area contributed by atoms with Gasteiger partial charge in [-0.05, 0) is 67.8 Å². The fourth-order valence-corrected chi connectivity index (χ4v) is 8.79. The number of hydrogen-bond donors (Lipinski definition) is 3. The third kappa shape index (κ3) is 4.36. The fourth-order valence-electron chi connectivity index (χ4n) is 6.24. The van der Waals surface area contributed by atoms with E-state index in [-0.39, 0.29) is 42.0 Å². The second kappa shape index (κ2) is 10.2. The van der Waals surface area contributed by atoms with Crippen LogP contribution in [0.2, 0.25) is 5.02 Å². The summed E-state index contributed by atoms with van der Waals surface area (Å²) in [6.07, 6.45) is 0.730. The van der Waals surface area contributed by atoms with E-state index in [1.54, 1.807) is 60.3 Å². The number of ether oxygens (including phenoxy) is 1. The molecule has 37 heavy (non-hydrogen) atoms. The Morgan fingerprint density at radius 2 is 1.73 bits per heavy atom. The zero-order chi connectivity index (χ0) is 26.3. The van der Waals surface area contributed by atoms with Gasteiger partial charge in [0, 0.05) is 28.2 Å². The topological polar surface area (TPSA) is 108 Å².